The van der Waals surface area contributed by atoms with Crippen LogP contribution in [0, 0.1) is 0 Å². The molecule has 1 N–H and O–H groups in total. The third-order valence-electron chi connectivity index (χ3n) is 5.44. The van der Waals surface area contributed by atoms with Crippen LogP contribution in [0.4, 0.5) is 0 Å². The maximum Gasteiger partial charge on any atom is 0.255 e. The molecule has 1 amide bonds. The number of fused-ring (bicyclic) bond motifs is 1. The highest BCUT2D eigenvalue weighted by molar-refractivity contribution is 5.94. The van der Waals surface area contributed by atoms with E-state index in [-0.39, 0.29) is 5.91 Å². The molecule has 5 rings (SSSR count). The average Bonchev–Trinajstić information content (AvgIpc) is 3.44. The van der Waals surface area contributed by atoms with Crippen LogP contribution >= 0.6 is 0 Å². The highest BCUT2D eigenvalue weighted by Gasteiger charge is 2.26. The molecule has 4 aromatic heterocycles. The Morgan fingerprint density at radius 3 is 2.71 bits per heavy atom. The Morgan fingerprint density at radius 2 is 1.96 bits per heavy atom. The first kappa shape index (κ1) is 16.7. The molecule has 0 aromatic carbocycles. The van der Waals surface area contributed by atoms with E-state index in [4.69, 9.17) is 0 Å². The minimum atomic E-state index is 0.0403. The quantitative estimate of drug-likeness (QED) is 0.599. The summed E-state index contributed by atoms with van der Waals surface area (Å²) in [5.74, 6) is 1.19. The minimum Gasteiger partial charge on any atom is -0.346 e. The number of aromatic amines is 1. The van der Waals surface area contributed by atoms with Crippen LogP contribution in [-0.4, -0.2) is 48.6 Å². The monoisotopic (exact) mass is 372 g/mol. The second kappa shape index (κ2) is 6.92. The molecule has 0 unspecified atom stereocenters. The molecular weight excluding hydrogens is 352 g/mol. The standard InChI is InChI=1S/C21H20N6O/c28-21(16-4-5-19(23-13-16)27-10-2-9-25-27)26-11-6-15(7-12-26)18-14-24-20-17(18)3-1-8-22-20/h1-5,8-10,13-15H,6-7,11-12H2,(H,22,24). The lowest BCUT2D eigenvalue weighted by molar-refractivity contribution is 0.0713. The Balaban J connectivity index is 1.27. The van der Waals surface area contributed by atoms with Crippen LogP contribution in [0.3, 0.4) is 0 Å². The zero-order valence-corrected chi connectivity index (χ0v) is 15.3. The number of hydrogen-bond acceptors (Lipinski definition) is 4. The summed E-state index contributed by atoms with van der Waals surface area (Å²) in [5.41, 5.74) is 2.85. The van der Waals surface area contributed by atoms with E-state index in [2.05, 4.69) is 32.3 Å². The Labute approximate surface area is 162 Å². The van der Waals surface area contributed by atoms with Crippen LogP contribution in [0.1, 0.15) is 34.7 Å². The van der Waals surface area contributed by atoms with Gasteiger partial charge in [-0.3, -0.25) is 4.79 Å². The van der Waals surface area contributed by atoms with Crippen LogP contribution in [0.5, 0.6) is 0 Å². The smallest absolute Gasteiger partial charge is 0.255 e. The van der Waals surface area contributed by atoms with Gasteiger partial charge in [-0.15, -0.1) is 0 Å². The van der Waals surface area contributed by atoms with Gasteiger partial charge in [0.15, 0.2) is 5.82 Å². The van der Waals surface area contributed by atoms with Crippen molar-refractivity contribution in [1.29, 1.82) is 0 Å². The van der Waals surface area contributed by atoms with Crippen LogP contribution in [-0.2, 0) is 0 Å². The van der Waals surface area contributed by atoms with E-state index < -0.39 is 0 Å². The molecule has 140 valence electrons. The lowest BCUT2D eigenvalue weighted by Gasteiger charge is -2.32. The SMILES string of the molecule is O=C(c1ccc(-n2cccn2)nc1)N1CCC(c2c[nH]c3ncccc23)CC1. The summed E-state index contributed by atoms with van der Waals surface area (Å²) in [4.78, 5) is 26.8. The minimum absolute atomic E-state index is 0.0403. The molecule has 0 atom stereocenters. The number of nitrogens with zero attached hydrogens (tertiary/aromatic N) is 5. The van der Waals surface area contributed by atoms with Crippen molar-refractivity contribution in [1.82, 2.24) is 29.6 Å². The topological polar surface area (TPSA) is 79.7 Å². The second-order valence-corrected chi connectivity index (χ2v) is 7.07. The van der Waals surface area contributed by atoms with Crippen LogP contribution in [0.2, 0.25) is 0 Å². The number of aromatic nitrogens is 5. The van der Waals surface area contributed by atoms with Gasteiger partial charge in [0.1, 0.15) is 5.65 Å². The first-order valence-corrected chi connectivity index (χ1v) is 9.47. The number of piperidine rings is 1. The lowest BCUT2D eigenvalue weighted by atomic mass is 9.89. The van der Waals surface area contributed by atoms with Gasteiger partial charge in [-0.1, -0.05) is 0 Å². The molecule has 1 saturated heterocycles. The van der Waals surface area contributed by atoms with Crippen molar-refractivity contribution >= 4 is 16.9 Å². The first-order valence-electron chi connectivity index (χ1n) is 9.47. The molecule has 5 heterocycles. The number of H-pyrrole nitrogens is 1. The predicted molar refractivity (Wildman–Crippen MR) is 105 cm³/mol. The molecule has 1 fully saturated rings. The van der Waals surface area contributed by atoms with E-state index in [0.717, 1.165) is 31.6 Å². The number of amides is 1. The zero-order valence-electron chi connectivity index (χ0n) is 15.3. The van der Waals surface area contributed by atoms with Gasteiger partial charge < -0.3 is 9.88 Å². The fourth-order valence-electron chi connectivity index (χ4n) is 3.94. The molecule has 0 radical (unpaired) electrons. The fraction of sp³-hybridized carbons (Fsp3) is 0.238. The third-order valence-corrected chi connectivity index (χ3v) is 5.44. The van der Waals surface area contributed by atoms with Gasteiger partial charge in [0.05, 0.1) is 5.56 Å². The van der Waals surface area contributed by atoms with E-state index in [1.807, 2.05) is 35.4 Å². The van der Waals surface area contributed by atoms with E-state index in [9.17, 15) is 4.79 Å². The number of pyridine rings is 2. The summed E-state index contributed by atoms with van der Waals surface area (Å²) in [6.07, 6.45) is 10.9. The first-order chi connectivity index (χ1) is 13.8. The van der Waals surface area contributed by atoms with E-state index in [0.29, 0.717) is 17.3 Å². The molecule has 0 saturated carbocycles. The van der Waals surface area contributed by atoms with Crippen molar-refractivity contribution in [2.24, 2.45) is 0 Å². The normalized spacial score (nSPS) is 15.2. The zero-order chi connectivity index (χ0) is 18.9. The summed E-state index contributed by atoms with van der Waals surface area (Å²) < 4.78 is 1.68. The van der Waals surface area contributed by atoms with Crippen molar-refractivity contribution < 1.29 is 4.79 Å². The van der Waals surface area contributed by atoms with E-state index in [1.165, 1.54) is 10.9 Å². The van der Waals surface area contributed by atoms with Gasteiger partial charge >= 0.3 is 0 Å². The Bertz CT molecular complexity index is 1090. The van der Waals surface area contributed by atoms with Gasteiger partial charge in [-0.2, -0.15) is 5.10 Å². The van der Waals surface area contributed by atoms with E-state index in [1.54, 1.807) is 23.3 Å². The van der Waals surface area contributed by atoms with Gasteiger partial charge in [0.25, 0.3) is 5.91 Å². The molecule has 1 aliphatic rings. The van der Waals surface area contributed by atoms with Gasteiger partial charge in [0, 0.05) is 49.5 Å². The largest absolute Gasteiger partial charge is 0.346 e. The Morgan fingerprint density at radius 1 is 1.07 bits per heavy atom. The van der Waals surface area contributed by atoms with Gasteiger partial charge in [-0.05, 0) is 54.7 Å². The third kappa shape index (κ3) is 2.94. The lowest BCUT2D eigenvalue weighted by Crippen LogP contribution is -2.38. The van der Waals surface area contributed by atoms with Crippen LogP contribution in [0.25, 0.3) is 16.9 Å². The summed E-state index contributed by atoms with van der Waals surface area (Å²) in [6, 6.07) is 9.57. The number of likely N-dealkylation sites (tertiary alicyclic amines) is 1. The second-order valence-electron chi connectivity index (χ2n) is 7.07. The van der Waals surface area contributed by atoms with Crippen LogP contribution in [0.15, 0.2) is 61.3 Å². The van der Waals surface area contributed by atoms with Gasteiger partial charge in [-0.25, -0.2) is 14.6 Å². The highest BCUT2D eigenvalue weighted by atomic mass is 16.2. The summed E-state index contributed by atoms with van der Waals surface area (Å²) in [6.45, 7) is 1.49. The summed E-state index contributed by atoms with van der Waals surface area (Å²) >= 11 is 0. The number of hydrogen-bond donors (Lipinski definition) is 1. The molecule has 0 aliphatic carbocycles. The van der Waals surface area contributed by atoms with Crippen molar-refractivity contribution in [2.75, 3.05) is 13.1 Å². The number of carbonyl (C=O) groups excluding carboxylic acids is 1. The maximum absolute atomic E-state index is 12.9. The predicted octanol–water partition coefficient (Wildman–Crippen LogP) is 3.16. The van der Waals surface area contributed by atoms with Gasteiger partial charge in [0.2, 0.25) is 0 Å². The van der Waals surface area contributed by atoms with Crippen LogP contribution < -0.4 is 0 Å². The van der Waals surface area contributed by atoms with E-state index >= 15 is 0 Å². The number of carbonyl (C=O) groups is 1. The Kier molecular flexibility index (Phi) is 4.12. The molecule has 7 heteroatoms. The summed E-state index contributed by atoms with van der Waals surface area (Å²) in [5, 5.41) is 5.34. The molecule has 4 aromatic rings. The number of nitrogens with one attached hydrogen (secondary N) is 1. The van der Waals surface area contributed by atoms with Crippen molar-refractivity contribution in [3.63, 3.8) is 0 Å². The van der Waals surface area contributed by atoms with Crippen molar-refractivity contribution in [2.45, 2.75) is 18.8 Å². The fourth-order valence-corrected chi connectivity index (χ4v) is 3.94. The van der Waals surface area contributed by atoms with Crippen molar-refractivity contribution in [3.05, 3.63) is 72.4 Å². The highest BCUT2D eigenvalue weighted by Crippen LogP contribution is 2.32. The number of rotatable bonds is 3. The van der Waals surface area contributed by atoms with Crippen molar-refractivity contribution in [3.8, 4) is 5.82 Å². The molecular formula is C21H20N6O. The maximum atomic E-state index is 12.9. The molecule has 1 aliphatic heterocycles. The average molecular weight is 372 g/mol. The molecule has 7 nitrogen and oxygen atoms in total. The molecule has 0 bridgehead atoms. The Hall–Kier alpha value is -3.48. The molecule has 0 spiro atoms. The summed E-state index contributed by atoms with van der Waals surface area (Å²) in [7, 11) is 0. The molecule has 28 heavy (non-hydrogen) atoms.